The first-order valence-electron chi connectivity index (χ1n) is 15.1. The van der Waals surface area contributed by atoms with Gasteiger partial charge in [-0.3, -0.25) is 9.59 Å². The van der Waals surface area contributed by atoms with Crippen molar-refractivity contribution in [3.63, 3.8) is 0 Å². The second kappa shape index (κ2) is 12.9. The molecule has 0 atom stereocenters. The van der Waals surface area contributed by atoms with E-state index in [1.54, 1.807) is 0 Å². The van der Waals surface area contributed by atoms with Crippen LogP contribution in [0.25, 0.3) is 22.3 Å². The normalized spacial score (nSPS) is 10.9. The van der Waals surface area contributed by atoms with Gasteiger partial charge in [0.05, 0.1) is 0 Å². The molecule has 0 aromatic heterocycles. The van der Waals surface area contributed by atoms with Gasteiger partial charge in [0.1, 0.15) is 0 Å². The van der Waals surface area contributed by atoms with Crippen LogP contribution < -0.4 is 0 Å². The molecule has 0 aliphatic heterocycles. The average molecular weight is 571 g/mol. The number of aryl methyl sites for hydroxylation is 2. The van der Waals surface area contributed by atoms with Crippen molar-refractivity contribution in [2.24, 2.45) is 0 Å². The molecule has 44 heavy (non-hydrogen) atoms. The summed E-state index contributed by atoms with van der Waals surface area (Å²) < 4.78 is 0. The van der Waals surface area contributed by atoms with E-state index < -0.39 is 0 Å². The van der Waals surface area contributed by atoms with Crippen molar-refractivity contribution in [3.8, 4) is 22.3 Å². The Balaban J connectivity index is 1.08. The number of rotatable bonds is 9. The molecule has 0 saturated carbocycles. The van der Waals surface area contributed by atoms with E-state index in [1.165, 1.54) is 27.8 Å². The Labute approximate surface area is 259 Å². The minimum Gasteiger partial charge on any atom is -0.289 e. The van der Waals surface area contributed by atoms with Gasteiger partial charge in [0.15, 0.2) is 11.6 Å². The van der Waals surface area contributed by atoms with Crippen LogP contribution in [0.15, 0.2) is 146 Å². The molecule has 214 valence electrons. The summed E-state index contributed by atoms with van der Waals surface area (Å²) >= 11 is 0. The molecular weight excluding hydrogens is 536 g/mol. The first kappa shape index (κ1) is 28.8. The SMILES string of the molecule is CCc1ccc(-c2ccc(Cc3ccc(C(=O)c4ccc(-c5ccc(C(=O)c6ccc(C)cc6)cc5)cc4)cc3)cc2)cc1. The van der Waals surface area contributed by atoms with Gasteiger partial charge in [0.25, 0.3) is 0 Å². The lowest BCUT2D eigenvalue weighted by atomic mass is 9.96. The number of hydrogen-bond acceptors (Lipinski definition) is 2. The van der Waals surface area contributed by atoms with Crippen molar-refractivity contribution in [2.45, 2.75) is 26.7 Å². The van der Waals surface area contributed by atoms with Crippen LogP contribution in [0.3, 0.4) is 0 Å². The molecule has 0 amide bonds. The Kier molecular flexibility index (Phi) is 8.43. The van der Waals surface area contributed by atoms with Gasteiger partial charge in [0, 0.05) is 22.3 Å². The van der Waals surface area contributed by atoms with Crippen LogP contribution in [0.2, 0.25) is 0 Å². The third-order valence-electron chi connectivity index (χ3n) is 8.22. The number of carbonyl (C=O) groups is 2. The van der Waals surface area contributed by atoms with E-state index in [9.17, 15) is 9.59 Å². The molecule has 0 bridgehead atoms. The van der Waals surface area contributed by atoms with Crippen LogP contribution in [0, 0.1) is 6.92 Å². The van der Waals surface area contributed by atoms with E-state index in [4.69, 9.17) is 0 Å². The van der Waals surface area contributed by atoms with Crippen molar-refractivity contribution in [2.75, 3.05) is 0 Å². The third kappa shape index (κ3) is 6.50. The molecule has 6 aromatic rings. The first-order valence-corrected chi connectivity index (χ1v) is 15.1. The highest BCUT2D eigenvalue weighted by atomic mass is 16.1. The van der Waals surface area contributed by atoms with Crippen LogP contribution >= 0.6 is 0 Å². The Morgan fingerprint density at radius 1 is 0.386 bits per heavy atom. The predicted molar refractivity (Wildman–Crippen MR) is 180 cm³/mol. The predicted octanol–water partition coefficient (Wildman–Crippen LogP) is 9.94. The van der Waals surface area contributed by atoms with Gasteiger partial charge >= 0.3 is 0 Å². The van der Waals surface area contributed by atoms with Gasteiger partial charge < -0.3 is 0 Å². The lowest BCUT2D eigenvalue weighted by Gasteiger charge is -2.08. The van der Waals surface area contributed by atoms with Crippen molar-refractivity contribution < 1.29 is 9.59 Å². The molecule has 0 radical (unpaired) electrons. The van der Waals surface area contributed by atoms with Crippen LogP contribution in [0.5, 0.6) is 0 Å². The van der Waals surface area contributed by atoms with Crippen LogP contribution in [-0.4, -0.2) is 11.6 Å². The van der Waals surface area contributed by atoms with Gasteiger partial charge in [-0.2, -0.15) is 0 Å². The van der Waals surface area contributed by atoms with E-state index in [2.05, 4.69) is 55.5 Å². The fraction of sp³-hybridized carbons (Fsp3) is 0.0952. The fourth-order valence-corrected chi connectivity index (χ4v) is 5.42. The van der Waals surface area contributed by atoms with E-state index in [1.807, 2.05) is 104 Å². The standard InChI is InChI=1S/C42H34O2/c1-3-30-6-14-33(15-7-30)34-16-8-31(9-17-34)28-32-10-18-38(19-11-32)42(44)40-26-22-36(23-27-40)35-20-24-39(25-21-35)41(43)37-12-4-29(2)5-13-37/h4-27H,3,28H2,1-2H3. The molecule has 0 fully saturated rings. The van der Waals surface area contributed by atoms with E-state index >= 15 is 0 Å². The first-order chi connectivity index (χ1) is 21.5. The zero-order valence-corrected chi connectivity index (χ0v) is 25.1. The van der Waals surface area contributed by atoms with Crippen molar-refractivity contribution in [1.82, 2.24) is 0 Å². The molecule has 6 aromatic carbocycles. The van der Waals surface area contributed by atoms with Crippen molar-refractivity contribution in [1.29, 1.82) is 0 Å². The van der Waals surface area contributed by atoms with Gasteiger partial charge in [-0.05, 0) is 58.7 Å². The molecule has 0 saturated heterocycles. The largest absolute Gasteiger partial charge is 0.289 e. The smallest absolute Gasteiger partial charge is 0.193 e. The molecule has 0 spiro atoms. The zero-order valence-electron chi connectivity index (χ0n) is 25.1. The van der Waals surface area contributed by atoms with Crippen LogP contribution in [0.1, 0.15) is 61.0 Å². The van der Waals surface area contributed by atoms with Gasteiger partial charge in [-0.15, -0.1) is 0 Å². The summed E-state index contributed by atoms with van der Waals surface area (Å²) in [6.07, 6.45) is 1.86. The number of hydrogen-bond donors (Lipinski definition) is 0. The summed E-state index contributed by atoms with van der Waals surface area (Å²) in [7, 11) is 0. The zero-order chi connectivity index (χ0) is 30.5. The quantitative estimate of drug-likeness (QED) is 0.162. The lowest BCUT2D eigenvalue weighted by Crippen LogP contribution is -2.02. The Morgan fingerprint density at radius 2 is 0.659 bits per heavy atom. The van der Waals surface area contributed by atoms with Gasteiger partial charge in [-0.1, -0.05) is 158 Å². The van der Waals surface area contributed by atoms with Crippen LogP contribution in [0.4, 0.5) is 0 Å². The van der Waals surface area contributed by atoms with Crippen molar-refractivity contribution >= 4 is 11.6 Å². The minimum atomic E-state index is 0.000543. The van der Waals surface area contributed by atoms with Gasteiger partial charge in [-0.25, -0.2) is 0 Å². The molecule has 0 heterocycles. The topological polar surface area (TPSA) is 34.1 Å². The Hall–Kier alpha value is -5.34. The monoisotopic (exact) mass is 570 g/mol. The number of benzene rings is 6. The van der Waals surface area contributed by atoms with E-state index in [0.29, 0.717) is 22.3 Å². The van der Waals surface area contributed by atoms with Gasteiger partial charge in [0.2, 0.25) is 0 Å². The summed E-state index contributed by atoms with van der Waals surface area (Å²) in [5.74, 6) is 0.00971. The number of carbonyl (C=O) groups excluding carboxylic acids is 2. The molecule has 0 aliphatic carbocycles. The maximum absolute atomic E-state index is 13.2. The highest BCUT2D eigenvalue weighted by Gasteiger charge is 2.12. The summed E-state index contributed by atoms with van der Waals surface area (Å²) in [6, 6.07) is 48.3. The molecule has 0 unspecified atom stereocenters. The maximum Gasteiger partial charge on any atom is 0.193 e. The summed E-state index contributed by atoms with van der Waals surface area (Å²) in [6.45, 7) is 4.18. The molecule has 2 heteroatoms. The number of ketones is 2. The van der Waals surface area contributed by atoms with Crippen molar-refractivity contribution in [3.05, 3.63) is 190 Å². The average Bonchev–Trinajstić information content (AvgIpc) is 3.09. The maximum atomic E-state index is 13.2. The third-order valence-corrected chi connectivity index (χ3v) is 8.22. The molecular formula is C42H34O2. The molecule has 0 aliphatic rings. The second-order valence-corrected chi connectivity index (χ2v) is 11.3. The summed E-state index contributed by atoms with van der Waals surface area (Å²) in [4.78, 5) is 26.0. The van der Waals surface area contributed by atoms with E-state index in [-0.39, 0.29) is 11.6 Å². The minimum absolute atomic E-state index is 0.000543. The fourth-order valence-electron chi connectivity index (χ4n) is 5.42. The molecule has 6 rings (SSSR count). The second-order valence-electron chi connectivity index (χ2n) is 11.3. The molecule has 2 nitrogen and oxygen atoms in total. The Morgan fingerprint density at radius 3 is 1.02 bits per heavy atom. The summed E-state index contributed by atoms with van der Waals surface area (Å²) in [5.41, 5.74) is 12.0. The highest BCUT2D eigenvalue weighted by molar-refractivity contribution is 6.10. The lowest BCUT2D eigenvalue weighted by molar-refractivity contribution is 0.103. The van der Waals surface area contributed by atoms with E-state index in [0.717, 1.165) is 29.5 Å². The van der Waals surface area contributed by atoms with Crippen LogP contribution in [-0.2, 0) is 12.8 Å². The Bertz CT molecular complexity index is 1880. The highest BCUT2D eigenvalue weighted by Crippen LogP contribution is 2.24. The molecule has 0 N–H and O–H groups in total. The summed E-state index contributed by atoms with van der Waals surface area (Å²) in [5, 5.41) is 0.